The predicted octanol–water partition coefficient (Wildman–Crippen LogP) is 0.0532. The zero-order valence-electron chi connectivity index (χ0n) is 10.7. The Labute approximate surface area is 103 Å². The van der Waals surface area contributed by atoms with Gasteiger partial charge < -0.3 is 11.1 Å². The van der Waals surface area contributed by atoms with Crippen LogP contribution < -0.4 is 11.1 Å². The Hall–Kier alpha value is -0.620. The normalized spacial score (nSPS) is 25.9. The third kappa shape index (κ3) is 2.98. The van der Waals surface area contributed by atoms with Crippen LogP contribution >= 0.6 is 0 Å². The molecule has 0 radical (unpaired) electrons. The van der Waals surface area contributed by atoms with Gasteiger partial charge in [0.25, 0.3) is 0 Å². The molecule has 0 aromatic heterocycles. The quantitative estimate of drug-likeness (QED) is 0.749. The maximum Gasteiger partial charge on any atom is 0.241 e. The zero-order chi connectivity index (χ0) is 13.3. The van der Waals surface area contributed by atoms with Crippen molar-refractivity contribution in [3.63, 3.8) is 0 Å². The van der Waals surface area contributed by atoms with Crippen molar-refractivity contribution in [2.75, 3.05) is 12.8 Å². The summed E-state index contributed by atoms with van der Waals surface area (Å²) in [7, 11) is -3.41. The maximum atomic E-state index is 12.0. The largest absolute Gasteiger partial charge is 0.352 e. The highest BCUT2D eigenvalue weighted by Gasteiger charge is 2.40. The molecule has 0 heterocycles. The second-order valence-electron chi connectivity index (χ2n) is 5.29. The van der Waals surface area contributed by atoms with Crippen LogP contribution in [0.25, 0.3) is 0 Å². The lowest BCUT2D eigenvalue weighted by Gasteiger charge is -2.26. The van der Waals surface area contributed by atoms with Gasteiger partial charge in [-0.3, -0.25) is 4.79 Å². The molecule has 2 atom stereocenters. The first kappa shape index (κ1) is 14.4. The molecule has 1 aliphatic carbocycles. The molecule has 1 aliphatic rings. The third-order valence-corrected chi connectivity index (χ3v) is 5.79. The molecule has 3 N–H and O–H groups in total. The summed E-state index contributed by atoms with van der Waals surface area (Å²) in [6, 6.07) is 0.0218. The summed E-state index contributed by atoms with van der Waals surface area (Å²) >= 11 is 0. The number of nitrogens with one attached hydrogen (secondary N) is 1. The number of rotatable bonds is 4. The van der Waals surface area contributed by atoms with Crippen molar-refractivity contribution in [3.8, 4) is 0 Å². The van der Waals surface area contributed by atoms with E-state index in [0.717, 1.165) is 25.5 Å². The summed E-state index contributed by atoms with van der Waals surface area (Å²) in [4.78, 5) is 12.0. The summed E-state index contributed by atoms with van der Waals surface area (Å²) in [5.41, 5.74) is 5.63. The Balaban J connectivity index is 2.73. The molecule has 0 spiro atoms. The van der Waals surface area contributed by atoms with Gasteiger partial charge in [0, 0.05) is 12.3 Å². The molecule has 5 nitrogen and oxygen atoms in total. The SMILES string of the molecule is CC(C)(C(=O)NC1CCCC1CN)S(C)(=O)=O. The molecule has 1 saturated carbocycles. The van der Waals surface area contributed by atoms with Gasteiger partial charge in [-0.2, -0.15) is 0 Å². The van der Waals surface area contributed by atoms with Gasteiger partial charge in [-0.1, -0.05) is 6.42 Å². The minimum Gasteiger partial charge on any atom is -0.352 e. The summed E-state index contributed by atoms with van der Waals surface area (Å²) in [5.74, 6) is -0.153. The highest BCUT2D eigenvalue weighted by molar-refractivity contribution is 7.92. The molecule has 17 heavy (non-hydrogen) atoms. The Bertz CT molecular complexity index is 390. The van der Waals surface area contributed by atoms with Crippen LogP contribution in [-0.2, 0) is 14.6 Å². The number of nitrogens with two attached hydrogens (primary N) is 1. The first-order valence-corrected chi connectivity index (χ1v) is 7.80. The van der Waals surface area contributed by atoms with E-state index in [9.17, 15) is 13.2 Å². The Morgan fingerprint density at radius 2 is 2.00 bits per heavy atom. The fourth-order valence-electron chi connectivity index (χ4n) is 2.02. The van der Waals surface area contributed by atoms with Crippen molar-refractivity contribution < 1.29 is 13.2 Å². The number of hydrogen-bond acceptors (Lipinski definition) is 4. The van der Waals surface area contributed by atoms with E-state index in [1.54, 1.807) is 0 Å². The van der Waals surface area contributed by atoms with E-state index < -0.39 is 20.5 Å². The van der Waals surface area contributed by atoms with E-state index in [4.69, 9.17) is 5.73 Å². The average Bonchev–Trinajstić information content (AvgIpc) is 2.63. The van der Waals surface area contributed by atoms with Gasteiger partial charge in [-0.05, 0) is 39.2 Å². The van der Waals surface area contributed by atoms with Crippen molar-refractivity contribution in [2.45, 2.75) is 43.9 Å². The van der Waals surface area contributed by atoms with Crippen LogP contribution in [-0.4, -0.2) is 37.9 Å². The van der Waals surface area contributed by atoms with E-state index in [0.29, 0.717) is 6.54 Å². The second kappa shape index (κ2) is 4.94. The van der Waals surface area contributed by atoms with E-state index >= 15 is 0 Å². The lowest BCUT2D eigenvalue weighted by atomic mass is 10.0. The van der Waals surface area contributed by atoms with Crippen molar-refractivity contribution in [2.24, 2.45) is 11.7 Å². The first-order chi connectivity index (χ1) is 7.70. The van der Waals surface area contributed by atoms with Crippen LogP contribution in [0.2, 0.25) is 0 Å². The average molecular weight is 262 g/mol. The Morgan fingerprint density at radius 1 is 1.41 bits per heavy atom. The fraction of sp³-hybridized carbons (Fsp3) is 0.909. The number of hydrogen-bond donors (Lipinski definition) is 2. The summed E-state index contributed by atoms with van der Waals surface area (Å²) in [6.45, 7) is 3.40. The number of sulfone groups is 1. The first-order valence-electron chi connectivity index (χ1n) is 5.90. The van der Waals surface area contributed by atoms with Crippen molar-refractivity contribution in [1.82, 2.24) is 5.32 Å². The van der Waals surface area contributed by atoms with Crippen LogP contribution in [0.3, 0.4) is 0 Å². The van der Waals surface area contributed by atoms with Gasteiger partial charge in [0.1, 0.15) is 4.75 Å². The molecule has 1 rings (SSSR count). The molecule has 0 aromatic rings. The highest BCUT2D eigenvalue weighted by atomic mass is 32.2. The van der Waals surface area contributed by atoms with Crippen LogP contribution in [0, 0.1) is 5.92 Å². The van der Waals surface area contributed by atoms with E-state index in [-0.39, 0.29) is 12.0 Å². The van der Waals surface area contributed by atoms with Gasteiger partial charge in [0.05, 0.1) is 0 Å². The fourth-order valence-corrected chi connectivity index (χ4v) is 2.42. The topological polar surface area (TPSA) is 89.3 Å². The van der Waals surface area contributed by atoms with Gasteiger partial charge in [-0.15, -0.1) is 0 Å². The second-order valence-corrected chi connectivity index (χ2v) is 7.85. The van der Waals surface area contributed by atoms with Gasteiger partial charge in [0.2, 0.25) is 5.91 Å². The van der Waals surface area contributed by atoms with Crippen LogP contribution in [0.4, 0.5) is 0 Å². The van der Waals surface area contributed by atoms with Crippen molar-refractivity contribution in [1.29, 1.82) is 0 Å². The molecule has 0 aromatic carbocycles. The number of carbonyl (C=O) groups is 1. The molecule has 0 aliphatic heterocycles. The number of carbonyl (C=O) groups excluding carboxylic acids is 1. The van der Waals surface area contributed by atoms with Gasteiger partial charge >= 0.3 is 0 Å². The molecule has 0 bridgehead atoms. The lowest BCUT2D eigenvalue weighted by Crippen LogP contribution is -2.52. The van der Waals surface area contributed by atoms with Crippen LogP contribution in [0.15, 0.2) is 0 Å². The smallest absolute Gasteiger partial charge is 0.241 e. The zero-order valence-corrected chi connectivity index (χ0v) is 11.5. The summed E-state index contributed by atoms with van der Waals surface area (Å²) < 4.78 is 21.7. The molecule has 1 fully saturated rings. The molecule has 1 amide bonds. The number of amides is 1. The van der Waals surface area contributed by atoms with Crippen LogP contribution in [0.5, 0.6) is 0 Å². The van der Waals surface area contributed by atoms with E-state index in [2.05, 4.69) is 5.32 Å². The minimum atomic E-state index is -3.41. The molecular formula is C11H22N2O3S. The maximum absolute atomic E-state index is 12.0. The summed E-state index contributed by atoms with van der Waals surface area (Å²) in [6.07, 6.45) is 4.00. The van der Waals surface area contributed by atoms with Gasteiger partial charge in [0.15, 0.2) is 9.84 Å². The van der Waals surface area contributed by atoms with E-state index in [1.165, 1.54) is 13.8 Å². The molecule has 2 unspecified atom stereocenters. The third-order valence-electron chi connectivity index (χ3n) is 3.75. The monoisotopic (exact) mass is 262 g/mol. The standard InChI is InChI=1S/C11H22N2O3S/c1-11(2,17(3,15)16)10(14)13-9-6-4-5-8(9)7-12/h8-9H,4-7,12H2,1-3H3,(H,13,14). The summed E-state index contributed by atoms with van der Waals surface area (Å²) in [5, 5.41) is 2.83. The molecule has 6 heteroatoms. The minimum absolute atomic E-state index is 0.0218. The predicted molar refractivity (Wildman–Crippen MR) is 67.2 cm³/mol. The molecule has 0 saturated heterocycles. The van der Waals surface area contributed by atoms with Gasteiger partial charge in [-0.25, -0.2) is 8.42 Å². The van der Waals surface area contributed by atoms with Crippen molar-refractivity contribution in [3.05, 3.63) is 0 Å². The van der Waals surface area contributed by atoms with E-state index in [1.807, 2.05) is 0 Å². The lowest BCUT2D eigenvalue weighted by molar-refractivity contribution is -0.123. The Kier molecular flexibility index (Phi) is 4.19. The molecular weight excluding hydrogens is 240 g/mol. The molecule has 100 valence electrons. The van der Waals surface area contributed by atoms with Crippen molar-refractivity contribution >= 4 is 15.7 Å². The Morgan fingerprint density at radius 3 is 2.47 bits per heavy atom. The van der Waals surface area contributed by atoms with Crippen LogP contribution in [0.1, 0.15) is 33.1 Å². The highest BCUT2D eigenvalue weighted by Crippen LogP contribution is 2.26.